The molecule has 1 aromatic heterocycles. The molecule has 1 fully saturated rings. The zero-order valence-corrected chi connectivity index (χ0v) is 18.7. The fourth-order valence-corrected chi connectivity index (χ4v) is 3.34. The van der Waals surface area contributed by atoms with E-state index in [1.54, 1.807) is 36.7 Å². The Labute approximate surface area is 197 Å². The van der Waals surface area contributed by atoms with Crippen molar-refractivity contribution >= 4 is 29.5 Å². The molecule has 0 spiro atoms. The van der Waals surface area contributed by atoms with Gasteiger partial charge in [0.15, 0.2) is 5.91 Å². The standard InChI is InChI=1S/C20H17N4O5.Y/c25-17-4-3-16(18(26)23-17)24-10-13-2-1-12(9-15(13)19(24)27)11-29-20(28)22-14-5-7-21-8-6-14;/h1-2,5-8,16H,3-4,10-11H2,(H,21,22,28)(H,23,25,26);/q-1;. The number of anilines is 1. The minimum absolute atomic E-state index is 0. The van der Waals surface area contributed by atoms with E-state index in [0.717, 1.165) is 5.56 Å². The first-order valence-electron chi connectivity index (χ1n) is 9.04. The number of aromatic nitrogens is 1. The van der Waals surface area contributed by atoms with Crippen molar-refractivity contribution in [2.45, 2.75) is 32.0 Å². The fraction of sp³-hybridized carbons (Fsp3) is 0.250. The first-order valence-corrected chi connectivity index (χ1v) is 9.04. The molecule has 30 heavy (non-hydrogen) atoms. The minimum atomic E-state index is -0.674. The number of carbonyl (C=O) groups is 4. The third kappa shape index (κ3) is 4.74. The van der Waals surface area contributed by atoms with Crippen LogP contribution in [0, 0.1) is 6.07 Å². The number of nitrogens with zero attached hydrogens (tertiary/aromatic N) is 2. The molecule has 9 nitrogen and oxygen atoms in total. The molecule has 2 aliphatic rings. The number of carbonyl (C=O) groups excluding carboxylic acids is 4. The van der Waals surface area contributed by atoms with E-state index in [9.17, 15) is 19.2 Å². The summed E-state index contributed by atoms with van der Waals surface area (Å²) in [6.07, 6.45) is 2.95. The van der Waals surface area contributed by atoms with E-state index < -0.39 is 18.0 Å². The normalized spacial score (nSPS) is 17.7. The zero-order chi connectivity index (χ0) is 20.4. The van der Waals surface area contributed by atoms with Gasteiger partial charge in [-0.25, -0.2) is 4.79 Å². The summed E-state index contributed by atoms with van der Waals surface area (Å²) in [6.45, 7) is 0.219. The van der Waals surface area contributed by atoms with Gasteiger partial charge in [-0.1, -0.05) is 11.1 Å². The van der Waals surface area contributed by atoms with Crippen molar-refractivity contribution in [1.82, 2.24) is 15.2 Å². The van der Waals surface area contributed by atoms with Crippen LogP contribution in [0.25, 0.3) is 0 Å². The molecule has 1 aromatic carbocycles. The van der Waals surface area contributed by atoms with Gasteiger partial charge in [-0.05, 0) is 18.6 Å². The monoisotopic (exact) mass is 482 g/mol. The van der Waals surface area contributed by atoms with Crippen LogP contribution in [-0.4, -0.2) is 39.7 Å². The smallest absolute Gasteiger partial charge is 0.411 e. The largest absolute Gasteiger partial charge is 0.446 e. The third-order valence-electron chi connectivity index (χ3n) is 4.78. The van der Waals surface area contributed by atoms with Crippen LogP contribution in [0.3, 0.4) is 0 Å². The molecule has 4 rings (SSSR count). The Balaban J connectivity index is 0.00000256. The molecule has 151 valence electrons. The Kier molecular flexibility index (Phi) is 6.94. The van der Waals surface area contributed by atoms with Crippen LogP contribution in [-0.2, 0) is 60.2 Å². The van der Waals surface area contributed by atoms with Crippen LogP contribution >= 0.6 is 0 Å². The second-order valence-corrected chi connectivity index (χ2v) is 6.72. The van der Waals surface area contributed by atoms with E-state index in [4.69, 9.17) is 4.74 Å². The topological polar surface area (TPSA) is 118 Å². The van der Waals surface area contributed by atoms with E-state index >= 15 is 0 Å². The number of benzene rings is 1. The first kappa shape index (κ1) is 22.0. The Morgan fingerprint density at radius 2 is 2.00 bits per heavy atom. The van der Waals surface area contributed by atoms with Gasteiger partial charge in [0.2, 0.25) is 11.8 Å². The maximum Gasteiger partial charge on any atom is 0.411 e. The Morgan fingerprint density at radius 3 is 2.73 bits per heavy atom. The summed E-state index contributed by atoms with van der Waals surface area (Å²) in [6, 6.07) is 9.05. The number of amides is 4. The molecule has 1 radical (unpaired) electrons. The van der Waals surface area contributed by atoms with Crippen molar-refractivity contribution in [3.63, 3.8) is 0 Å². The van der Waals surface area contributed by atoms with E-state index in [2.05, 4.69) is 21.7 Å². The van der Waals surface area contributed by atoms with Crippen LogP contribution in [0.5, 0.6) is 0 Å². The summed E-state index contributed by atoms with van der Waals surface area (Å²) in [5, 5.41) is 4.84. The second-order valence-electron chi connectivity index (χ2n) is 6.72. The molecule has 3 heterocycles. The van der Waals surface area contributed by atoms with Crippen LogP contribution in [0.2, 0.25) is 0 Å². The van der Waals surface area contributed by atoms with Gasteiger partial charge in [0.05, 0.1) is 0 Å². The SMILES string of the molecule is O=C1CCC(N2Cc3ccc(COC(=O)Nc4ccncc4)[c-]c3C2=O)C(=O)N1.[Y]. The van der Waals surface area contributed by atoms with Crippen molar-refractivity contribution in [2.24, 2.45) is 0 Å². The number of nitrogens with one attached hydrogen (secondary N) is 2. The summed E-state index contributed by atoms with van der Waals surface area (Å²) in [5.74, 6) is -1.11. The van der Waals surface area contributed by atoms with E-state index in [1.165, 1.54) is 4.90 Å². The molecule has 1 saturated heterocycles. The molecule has 2 N–H and O–H groups in total. The summed E-state index contributed by atoms with van der Waals surface area (Å²) < 4.78 is 5.17. The zero-order valence-electron chi connectivity index (χ0n) is 15.9. The molecular formula is C20H17N4O5Y-. The molecule has 0 aliphatic carbocycles. The van der Waals surface area contributed by atoms with Gasteiger partial charge >= 0.3 is 6.09 Å². The number of piperidine rings is 1. The summed E-state index contributed by atoms with van der Waals surface area (Å²) >= 11 is 0. The Bertz CT molecular complexity index is 998. The summed E-state index contributed by atoms with van der Waals surface area (Å²) in [7, 11) is 0. The molecule has 10 heteroatoms. The van der Waals surface area contributed by atoms with Crippen LogP contribution in [0.4, 0.5) is 10.5 Å². The van der Waals surface area contributed by atoms with Gasteiger partial charge in [-0.3, -0.25) is 25.2 Å². The van der Waals surface area contributed by atoms with Gasteiger partial charge in [-0.15, -0.1) is 23.8 Å². The number of hydrogen-bond donors (Lipinski definition) is 2. The van der Waals surface area contributed by atoms with E-state index in [0.29, 0.717) is 23.2 Å². The third-order valence-corrected chi connectivity index (χ3v) is 4.78. The number of ether oxygens (including phenoxy) is 1. The molecular weight excluding hydrogens is 465 g/mol. The summed E-state index contributed by atoms with van der Waals surface area (Å²) in [5.41, 5.74) is 2.18. The molecule has 0 bridgehead atoms. The van der Waals surface area contributed by atoms with Crippen molar-refractivity contribution in [3.8, 4) is 0 Å². The molecule has 0 saturated carbocycles. The van der Waals surface area contributed by atoms with Crippen molar-refractivity contribution in [1.29, 1.82) is 0 Å². The van der Waals surface area contributed by atoms with Crippen molar-refractivity contribution in [3.05, 3.63) is 59.4 Å². The van der Waals surface area contributed by atoms with E-state index in [-0.39, 0.29) is 64.1 Å². The minimum Gasteiger partial charge on any atom is -0.446 e. The average Bonchev–Trinajstić information content (AvgIpc) is 3.03. The van der Waals surface area contributed by atoms with Crippen LogP contribution in [0.15, 0.2) is 36.7 Å². The molecule has 1 unspecified atom stereocenters. The van der Waals surface area contributed by atoms with Gasteiger partial charge < -0.3 is 14.4 Å². The summed E-state index contributed by atoms with van der Waals surface area (Å²) in [4.78, 5) is 53.4. The first-order chi connectivity index (χ1) is 14.0. The Morgan fingerprint density at radius 1 is 1.23 bits per heavy atom. The molecule has 1 atom stereocenters. The predicted octanol–water partition coefficient (Wildman–Crippen LogP) is 1.39. The number of fused-ring (bicyclic) bond motifs is 1. The van der Waals surface area contributed by atoms with Crippen LogP contribution in [0.1, 0.15) is 34.3 Å². The molecule has 2 aromatic rings. The van der Waals surface area contributed by atoms with Crippen molar-refractivity contribution < 1.29 is 56.6 Å². The van der Waals surface area contributed by atoms with E-state index in [1.807, 2.05) is 0 Å². The predicted molar refractivity (Wildman–Crippen MR) is 99.4 cm³/mol. The number of hydrogen-bond acceptors (Lipinski definition) is 6. The number of imide groups is 1. The maximum atomic E-state index is 12.8. The van der Waals surface area contributed by atoms with Gasteiger partial charge in [0.1, 0.15) is 12.6 Å². The van der Waals surface area contributed by atoms with Gasteiger partial charge in [0.25, 0.3) is 0 Å². The van der Waals surface area contributed by atoms with Gasteiger partial charge in [-0.2, -0.15) is 0 Å². The number of rotatable bonds is 4. The average molecular weight is 482 g/mol. The molecule has 4 amide bonds. The second kappa shape index (κ2) is 9.44. The quantitative estimate of drug-likeness (QED) is 0.503. The Hall–Kier alpha value is -2.65. The van der Waals surface area contributed by atoms with Crippen LogP contribution < -0.4 is 10.6 Å². The fourth-order valence-electron chi connectivity index (χ4n) is 3.34. The number of pyridine rings is 1. The van der Waals surface area contributed by atoms with Gasteiger partial charge in [0, 0.05) is 63.8 Å². The molecule has 2 aliphatic heterocycles. The van der Waals surface area contributed by atoms with Crippen molar-refractivity contribution in [2.75, 3.05) is 5.32 Å². The maximum absolute atomic E-state index is 12.8.